The molecular formula is C8H6Cl5N. The standard InChI is InChI=1S/C8H6Cl5N/c9-4-3(1-2-14)5(10)7(12)8(13)6(4)11/h1-2,14H2. The van der Waals surface area contributed by atoms with Gasteiger partial charge in [-0.1, -0.05) is 58.0 Å². The molecule has 1 aromatic carbocycles. The van der Waals surface area contributed by atoms with Crippen LogP contribution < -0.4 is 5.73 Å². The van der Waals surface area contributed by atoms with Crippen LogP contribution in [0, 0.1) is 0 Å². The molecule has 0 atom stereocenters. The first-order valence-corrected chi connectivity index (χ1v) is 5.60. The second-order valence-corrected chi connectivity index (χ2v) is 4.48. The van der Waals surface area contributed by atoms with Crippen LogP contribution in [0.4, 0.5) is 0 Å². The van der Waals surface area contributed by atoms with E-state index in [2.05, 4.69) is 0 Å². The van der Waals surface area contributed by atoms with Gasteiger partial charge in [0.05, 0.1) is 25.1 Å². The summed E-state index contributed by atoms with van der Waals surface area (Å²) in [4.78, 5) is 0. The molecule has 78 valence electrons. The summed E-state index contributed by atoms with van der Waals surface area (Å²) in [6.07, 6.45) is 0.508. The lowest BCUT2D eigenvalue weighted by Gasteiger charge is -2.11. The van der Waals surface area contributed by atoms with E-state index in [1.165, 1.54) is 0 Å². The fourth-order valence-electron chi connectivity index (χ4n) is 1.01. The van der Waals surface area contributed by atoms with Gasteiger partial charge in [-0.25, -0.2) is 0 Å². The smallest absolute Gasteiger partial charge is 0.0809 e. The highest BCUT2D eigenvalue weighted by atomic mass is 35.5. The lowest BCUT2D eigenvalue weighted by molar-refractivity contribution is 0.969. The molecule has 0 saturated carbocycles. The van der Waals surface area contributed by atoms with Crippen molar-refractivity contribution in [1.29, 1.82) is 0 Å². The number of hydrogen-bond donors (Lipinski definition) is 1. The van der Waals surface area contributed by atoms with Crippen molar-refractivity contribution >= 4 is 58.0 Å². The van der Waals surface area contributed by atoms with E-state index in [4.69, 9.17) is 63.7 Å². The van der Waals surface area contributed by atoms with Gasteiger partial charge in [0, 0.05) is 0 Å². The van der Waals surface area contributed by atoms with Crippen molar-refractivity contribution in [1.82, 2.24) is 0 Å². The van der Waals surface area contributed by atoms with Gasteiger partial charge in [0.1, 0.15) is 0 Å². The molecule has 1 nitrogen and oxygen atoms in total. The van der Waals surface area contributed by atoms with Crippen LogP contribution in [0.15, 0.2) is 0 Å². The first-order valence-electron chi connectivity index (χ1n) is 3.71. The average molecular weight is 293 g/mol. The van der Waals surface area contributed by atoms with Gasteiger partial charge in [-0.3, -0.25) is 0 Å². The number of benzene rings is 1. The van der Waals surface area contributed by atoms with Crippen molar-refractivity contribution in [3.63, 3.8) is 0 Å². The summed E-state index contributed by atoms with van der Waals surface area (Å²) in [6, 6.07) is 0. The Hall–Kier alpha value is 0.630. The van der Waals surface area contributed by atoms with E-state index >= 15 is 0 Å². The van der Waals surface area contributed by atoms with E-state index in [0.29, 0.717) is 28.6 Å². The maximum absolute atomic E-state index is 5.94. The van der Waals surface area contributed by atoms with Crippen LogP contribution in [-0.2, 0) is 6.42 Å². The van der Waals surface area contributed by atoms with E-state index in [0.717, 1.165) is 0 Å². The van der Waals surface area contributed by atoms with E-state index in [9.17, 15) is 0 Å². The van der Waals surface area contributed by atoms with Crippen LogP contribution in [0.1, 0.15) is 5.56 Å². The van der Waals surface area contributed by atoms with Gasteiger partial charge in [0.15, 0.2) is 0 Å². The number of nitrogens with two attached hydrogens (primary N) is 1. The number of hydrogen-bond acceptors (Lipinski definition) is 1. The Balaban J connectivity index is 3.43. The van der Waals surface area contributed by atoms with E-state index in [-0.39, 0.29) is 15.1 Å². The summed E-state index contributed by atoms with van der Waals surface area (Å²) in [7, 11) is 0. The molecule has 0 aliphatic carbocycles. The predicted octanol–water partition coefficient (Wildman–Crippen LogP) is 4.45. The first-order chi connectivity index (χ1) is 6.50. The molecule has 6 heteroatoms. The minimum Gasteiger partial charge on any atom is -0.330 e. The van der Waals surface area contributed by atoms with Crippen LogP contribution in [0.25, 0.3) is 0 Å². The summed E-state index contributed by atoms with van der Waals surface area (Å²) >= 11 is 29.4. The molecule has 1 rings (SSSR count). The fourth-order valence-corrected chi connectivity index (χ4v) is 2.38. The third-order valence-electron chi connectivity index (χ3n) is 1.70. The summed E-state index contributed by atoms with van der Waals surface area (Å²) in [5, 5.41) is 1.23. The lowest BCUT2D eigenvalue weighted by Crippen LogP contribution is -2.04. The molecule has 0 amide bonds. The average Bonchev–Trinajstić information content (AvgIpc) is 2.19. The van der Waals surface area contributed by atoms with E-state index in [1.807, 2.05) is 0 Å². The summed E-state index contributed by atoms with van der Waals surface area (Å²) < 4.78 is 0. The van der Waals surface area contributed by atoms with E-state index in [1.54, 1.807) is 0 Å². The molecule has 1 aromatic rings. The number of halogens is 5. The molecule has 0 unspecified atom stereocenters. The van der Waals surface area contributed by atoms with Crippen molar-refractivity contribution in [2.75, 3.05) is 6.54 Å². The maximum Gasteiger partial charge on any atom is 0.0809 e. The first kappa shape index (κ1) is 12.7. The Kier molecular flexibility index (Phi) is 4.63. The zero-order valence-electron chi connectivity index (χ0n) is 6.88. The summed E-state index contributed by atoms with van der Waals surface area (Å²) in [5.41, 5.74) is 6.03. The molecule has 0 fully saturated rings. The predicted molar refractivity (Wildman–Crippen MR) is 64.3 cm³/mol. The molecule has 0 aliphatic rings. The van der Waals surface area contributed by atoms with Crippen molar-refractivity contribution in [3.05, 3.63) is 30.7 Å². The molecule has 0 aromatic heterocycles. The quantitative estimate of drug-likeness (QED) is 0.632. The van der Waals surface area contributed by atoms with Crippen LogP contribution in [0.3, 0.4) is 0 Å². The van der Waals surface area contributed by atoms with Crippen LogP contribution in [-0.4, -0.2) is 6.54 Å². The van der Waals surface area contributed by atoms with Gasteiger partial charge in [-0.2, -0.15) is 0 Å². The summed E-state index contributed by atoms with van der Waals surface area (Å²) in [6.45, 7) is 0.410. The van der Waals surface area contributed by atoms with Crippen LogP contribution >= 0.6 is 58.0 Å². The number of rotatable bonds is 2. The topological polar surface area (TPSA) is 26.0 Å². The molecule has 0 bridgehead atoms. The molecule has 0 heterocycles. The Morgan fingerprint density at radius 2 is 1.07 bits per heavy atom. The SMILES string of the molecule is NCCc1c(Cl)c(Cl)c(Cl)c(Cl)c1Cl. The molecular weight excluding hydrogens is 287 g/mol. The highest BCUT2D eigenvalue weighted by Gasteiger charge is 2.18. The second kappa shape index (κ2) is 5.11. The maximum atomic E-state index is 5.94. The molecule has 2 N–H and O–H groups in total. The van der Waals surface area contributed by atoms with Gasteiger partial charge in [0.25, 0.3) is 0 Å². The minimum absolute atomic E-state index is 0.170. The molecule has 0 spiro atoms. The normalized spacial score (nSPS) is 10.7. The van der Waals surface area contributed by atoms with Gasteiger partial charge in [-0.05, 0) is 18.5 Å². The van der Waals surface area contributed by atoms with E-state index < -0.39 is 0 Å². The highest BCUT2D eigenvalue weighted by Crippen LogP contribution is 2.43. The molecule has 0 aliphatic heterocycles. The van der Waals surface area contributed by atoms with Crippen molar-refractivity contribution in [3.8, 4) is 0 Å². The highest BCUT2D eigenvalue weighted by molar-refractivity contribution is 6.55. The zero-order valence-corrected chi connectivity index (χ0v) is 10.7. The third-order valence-corrected chi connectivity index (χ3v) is 4.05. The van der Waals surface area contributed by atoms with Crippen LogP contribution in [0.5, 0.6) is 0 Å². The second-order valence-electron chi connectivity index (χ2n) is 2.59. The fraction of sp³-hybridized carbons (Fsp3) is 0.250. The zero-order chi connectivity index (χ0) is 10.9. The molecule has 0 radical (unpaired) electrons. The van der Waals surface area contributed by atoms with Crippen molar-refractivity contribution in [2.24, 2.45) is 5.73 Å². The Bertz CT molecular complexity index is 334. The molecule has 14 heavy (non-hydrogen) atoms. The minimum atomic E-state index is 0.170. The Morgan fingerprint density at radius 1 is 0.714 bits per heavy atom. The third kappa shape index (κ3) is 2.24. The van der Waals surface area contributed by atoms with Crippen LogP contribution in [0.2, 0.25) is 25.1 Å². The lowest BCUT2D eigenvalue weighted by atomic mass is 10.1. The summed E-state index contributed by atoms with van der Waals surface area (Å²) in [5.74, 6) is 0. The van der Waals surface area contributed by atoms with Gasteiger partial charge >= 0.3 is 0 Å². The monoisotopic (exact) mass is 291 g/mol. The molecule has 0 saturated heterocycles. The Morgan fingerprint density at radius 3 is 1.43 bits per heavy atom. The largest absolute Gasteiger partial charge is 0.330 e. The van der Waals surface area contributed by atoms with Gasteiger partial charge in [-0.15, -0.1) is 0 Å². The van der Waals surface area contributed by atoms with Gasteiger partial charge < -0.3 is 5.73 Å². The van der Waals surface area contributed by atoms with Crippen molar-refractivity contribution < 1.29 is 0 Å². The Labute approximate surface area is 107 Å². The van der Waals surface area contributed by atoms with Crippen molar-refractivity contribution in [2.45, 2.75) is 6.42 Å². The van der Waals surface area contributed by atoms with Gasteiger partial charge in [0.2, 0.25) is 0 Å².